The van der Waals surface area contributed by atoms with Crippen molar-refractivity contribution in [3.05, 3.63) is 29.6 Å². The van der Waals surface area contributed by atoms with E-state index >= 15 is 0 Å². The normalized spacial score (nSPS) is 11.8. The lowest BCUT2D eigenvalue weighted by Crippen LogP contribution is -2.45. The minimum atomic E-state index is -1.60. The van der Waals surface area contributed by atoms with E-state index in [1.54, 1.807) is 10.6 Å². The Morgan fingerprint density at radius 3 is 2.26 bits per heavy atom. The van der Waals surface area contributed by atoms with Gasteiger partial charge in [-0.2, -0.15) is 0 Å². The summed E-state index contributed by atoms with van der Waals surface area (Å²) >= 11 is 0. The molecule has 0 aliphatic carbocycles. The Balaban J connectivity index is 2.77. The van der Waals surface area contributed by atoms with Crippen molar-refractivity contribution in [2.75, 3.05) is 11.9 Å². The van der Waals surface area contributed by atoms with Gasteiger partial charge >= 0.3 is 12.0 Å². The van der Waals surface area contributed by atoms with Crippen LogP contribution in [0.5, 0.6) is 0 Å². The monoisotopic (exact) mass is 278 g/mol. The van der Waals surface area contributed by atoms with Crippen molar-refractivity contribution in [3.63, 3.8) is 0 Å². The smallest absolute Gasteiger partial charge is 0.328 e. The Morgan fingerprint density at radius 1 is 1.16 bits per heavy atom. The summed E-state index contributed by atoms with van der Waals surface area (Å²) in [5.74, 6) is -5.55. The highest BCUT2D eigenvalue weighted by molar-refractivity contribution is 5.92. The molecule has 9 heteroatoms. The highest BCUT2D eigenvalue weighted by atomic mass is 19.2. The number of aliphatic hydroxyl groups excluding tert-OH is 1. The molecule has 4 N–H and O–H groups in total. The number of urea groups is 1. The third kappa shape index (κ3) is 3.85. The zero-order valence-corrected chi connectivity index (χ0v) is 9.28. The second kappa shape index (κ2) is 6.05. The van der Waals surface area contributed by atoms with E-state index in [1.807, 2.05) is 0 Å². The maximum atomic E-state index is 13.2. The minimum Gasteiger partial charge on any atom is -0.480 e. The number of aliphatic hydroxyl groups is 1. The number of hydrogen-bond acceptors (Lipinski definition) is 3. The third-order valence-corrected chi connectivity index (χ3v) is 2.04. The predicted molar refractivity (Wildman–Crippen MR) is 57.0 cm³/mol. The van der Waals surface area contributed by atoms with Gasteiger partial charge in [0.15, 0.2) is 17.7 Å². The van der Waals surface area contributed by atoms with Gasteiger partial charge in [-0.15, -0.1) is 0 Å². The number of hydrogen-bond donors (Lipinski definition) is 4. The predicted octanol–water partition coefficient (Wildman–Crippen LogP) is 0.671. The molecule has 0 aromatic heterocycles. The van der Waals surface area contributed by atoms with Crippen molar-refractivity contribution in [2.45, 2.75) is 6.04 Å². The molecule has 1 aromatic rings. The molecule has 0 bridgehead atoms. The topological polar surface area (TPSA) is 98.7 Å². The number of carbonyl (C=O) groups excluding carboxylic acids is 1. The fraction of sp³-hybridized carbons (Fsp3) is 0.200. The molecular weight excluding hydrogens is 269 g/mol. The number of amides is 2. The van der Waals surface area contributed by atoms with Crippen LogP contribution in [0.15, 0.2) is 12.1 Å². The minimum absolute atomic E-state index is 0.228. The van der Waals surface area contributed by atoms with Gasteiger partial charge in [0.05, 0.1) is 12.3 Å². The van der Waals surface area contributed by atoms with Gasteiger partial charge in [-0.05, 0) is 0 Å². The molecule has 0 fully saturated rings. The summed E-state index contributed by atoms with van der Waals surface area (Å²) in [5, 5.41) is 20.8. The summed E-state index contributed by atoms with van der Waals surface area (Å²) in [6, 6.07) is -2.16. The largest absolute Gasteiger partial charge is 0.480 e. The molecule has 104 valence electrons. The lowest BCUT2D eigenvalue weighted by molar-refractivity contribution is -0.140. The zero-order valence-electron chi connectivity index (χ0n) is 9.28. The van der Waals surface area contributed by atoms with Crippen LogP contribution in [0, 0.1) is 17.5 Å². The van der Waals surface area contributed by atoms with Gasteiger partial charge < -0.3 is 20.8 Å². The molecule has 1 rings (SSSR count). The molecular formula is C10H9F3N2O4. The van der Waals surface area contributed by atoms with Crippen LogP contribution in [0.3, 0.4) is 0 Å². The van der Waals surface area contributed by atoms with E-state index in [-0.39, 0.29) is 6.07 Å². The number of halogens is 3. The Bertz CT molecular complexity index is 510. The third-order valence-electron chi connectivity index (χ3n) is 2.04. The van der Waals surface area contributed by atoms with Crippen molar-refractivity contribution < 1.29 is 33.0 Å². The fourth-order valence-corrected chi connectivity index (χ4v) is 1.12. The first-order valence-electron chi connectivity index (χ1n) is 4.91. The summed E-state index contributed by atoms with van der Waals surface area (Å²) in [6.45, 7) is -0.886. The highest BCUT2D eigenvalue weighted by Gasteiger charge is 2.19. The molecule has 0 heterocycles. The SMILES string of the molecule is O=C(Nc1cc(F)c(F)cc1F)N[C@@H](CO)C(=O)O. The van der Waals surface area contributed by atoms with Crippen molar-refractivity contribution in [1.82, 2.24) is 5.32 Å². The summed E-state index contributed by atoms with van der Waals surface area (Å²) in [4.78, 5) is 21.8. The first-order valence-corrected chi connectivity index (χ1v) is 4.91. The highest BCUT2D eigenvalue weighted by Crippen LogP contribution is 2.18. The van der Waals surface area contributed by atoms with Gasteiger partial charge in [-0.3, -0.25) is 0 Å². The van der Waals surface area contributed by atoms with E-state index in [4.69, 9.17) is 10.2 Å². The lowest BCUT2D eigenvalue weighted by Gasteiger charge is -2.13. The van der Waals surface area contributed by atoms with Crippen LogP contribution in [0.1, 0.15) is 0 Å². The molecule has 0 saturated heterocycles. The molecule has 2 amide bonds. The second-order valence-corrected chi connectivity index (χ2v) is 3.42. The average Bonchev–Trinajstić information content (AvgIpc) is 2.32. The van der Waals surface area contributed by atoms with Gasteiger partial charge in [0.25, 0.3) is 0 Å². The molecule has 1 atom stereocenters. The van der Waals surface area contributed by atoms with Crippen LogP contribution in [-0.4, -0.2) is 34.9 Å². The van der Waals surface area contributed by atoms with Crippen molar-refractivity contribution in [3.8, 4) is 0 Å². The first-order chi connectivity index (χ1) is 8.85. The molecule has 6 nitrogen and oxygen atoms in total. The number of aliphatic carboxylic acids is 1. The molecule has 0 aliphatic rings. The molecule has 0 aliphatic heterocycles. The van der Waals surface area contributed by atoms with E-state index in [2.05, 4.69) is 0 Å². The van der Waals surface area contributed by atoms with Crippen molar-refractivity contribution >= 4 is 17.7 Å². The molecule has 1 aromatic carbocycles. The standard InChI is InChI=1S/C10H9F3N2O4/c11-4-1-6(13)7(2-5(4)12)14-10(19)15-8(3-16)9(17)18/h1-2,8,16H,3H2,(H,17,18)(H2,14,15,19)/t8-/m0/s1. The van der Waals surface area contributed by atoms with E-state index in [0.29, 0.717) is 6.07 Å². The number of rotatable bonds is 4. The number of nitrogens with one attached hydrogen (secondary N) is 2. The van der Waals surface area contributed by atoms with Gasteiger partial charge in [0, 0.05) is 12.1 Å². The zero-order chi connectivity index (χ0) is 14.6. The maximum absolute atomic E-state index is 13.2. The molecule has 0 saturated carbocycles. The van der Waals surface area contributed by atoms with E-state index in [9.17, 15) is 22.8 Å². The van der Waals surface area contributed by atoms with Gasteiger partial charge in [0.1, 0.15) is 5.82 Å². The van der Waals surface area contributed by atoms with Crippen LogP contribution in [-0.2, 0) is 4.79 Å². The molecule has 19 heavy (non-hydrogen) atoms. The number of carbonyl (C=O) groups is 2. The number of carboxylic acid groups (broad SMARTS) is 1. The van der Waals surface area contributed by atoms with Crippen molar-refractivity contribution in [2.24, 2.45) is 0 Å². The van der Waals surface area contributed by atoms with Gasteiger partial charge in [0.2, 0.25) is 0 Å². The fourth-order valence-electron chi connectivity index (χ4n) is 1.12. The van der Waals surface area contributed by atoms with Gasteiger partial charge in [-0.25, -0.2) is 22.8 Å². The Hall–Kier alpha value is -2.29. The number of benzene rings is 1. The second-order valence-electron chi connectivity index (χ2n) is 3.42. The van der Waals surface area contributed by atoms with Crippen LogP contribution in [0.2, 0.25) is 0 Å². The van der Waals surface area contributed by atoms with Crippen LogP contribution in [0.4, 0.5) is 23.7 Å². The maximum Gasteiger partial charge on any atom is 0.328 e. The Labute approximate surface area is 104 Å². The van der Waals surface area contributed by atoms with E-state index in [0.717, 1.165) is 0 Å². The molecule has 0 spiro atoms. The van der Waals surface area contributed by atoms with Crippen molar-refractivity contribution in [1.29, 1.82) is 0 Å². The van der Waals surface area contributed by atoms with Crippen LogP contribution < -0.4 is 10.6 Å². The molecule has 0 radical (unpaired) electrons. The molecule has 0 unspecified atom stereocenters. The van der Waals surface area contributed by atoms with Gasteiger partial charge in [-0.1, -0.05) is 0 Å². The first kappa shape index (κ1) is 14.8. The Morgan fingerprint density at radius 2 is 1.74 bits per heavy atom. The lowest BCUT2D eigenvalue weighted by atomic mass is 10.3. The quantitative estimate of drug-likeness (QED) is 0.608. The van der Waals surface area contributed by atoms with Crippen LogP contribution in [0.25, 0.3) is 0 Å². The van der Waals surface area contributed by atoms with Crippen LogP contribution >= 0.6 is 0 Å². The summed E-state index contributed by atoms with van der Waals surface area (Å²) in [5.41, 5.74) is -0.668. The number of carboxylic acids is 1. The summed E-state index contributed by atoms with van der Waals surface area (Å²) < 4.78 is 38.6. The summed E-state index contributed by atoms with van der Waals surface area (Å²) in [6.07, 6.45) is 0. The average molecular weight is 278 g/mol. The Kier molecular flexibility index (Phi) is 4.70. The van der Waals surface area contributed by atoms with E-state index < -0.39 is 47.8 Å². The summed E-state index contributed by atoms with van der Waals surface area (Å²) in [7, 11) is 0. The number of anilines is 1. The van der Waals surface area contributed by atoms with E-state index in [1.165, 1.54) is 0 Å².